The summed E-state index contributed by atoms with van der Waals surface area (Å²) in [5, 5.41) is 12.3. The quantitative estimate of drug-likeness (QED) is 0.144. The van der Waals surface area contributed by atoms with Crippen LogP contribution in [0.15, 0.2) is 309 Å². The molecule has 95 heavy (non-hydrogen) atoms. The van der Waals surface area contributed by atoms with Gasteiger partial charge in [-0.1, -0.05) is 212 Å². The van der Waals surface area contributed by atoms with Crippen LogP contribution in [0.2, 0.25) is 0 Å². The lowest BCUT2D eigenvalue weighted by Crippen LogP contribution is -2.06. The molecular weight excluding hydrogens is 1200 g/mol. The third-order valence-corrected chi connectivity index (χ3v) is 21.4. The second kappa shape index (κ2) is 21.2. The molecule has 0 N–H and O–H groups in total. The van der Waals surface area contributed by atoms with E-state index in [1.54, 1.807) is 0 Å². The van der Waals surface area contributed by atoms with Crippen LogP contribution in [0.3, 0.4) is 0 Å². The molecule has 7 aromatic heterocycles. The van der Waals surface area contributed by atoms with E-state index in [4.69, 9.17) is 19.9 Å². The molecule has 13 aromatic carbocycles. The minimum atomic E-state index is 0.545. The fourth-order valence-electron chi connectivity index (χ4n) is 14.7. The molecule has 20 rings (SSSR count). The highest BCUT2D eigenvalue weighted by atomic mass is 32.1. The molecule has 0 fully saturated rings. The van der Waals surface area contributed by atoms with E-state index in [0.717, 1.165) is 100 Å². The van der Waals surface area contributed by atoms with Crippen molar-refractivity contribution in [3.05, 3.63) is 309 Å². The number of benzene rings is 13. The van der Waals surface area contributed by atoms with Gasteiger partial charge in [-0.15, -0.1) is 22.7 Å². The summed E-state index contributed by atoms with van der Waals surface area (Å²) in [6.45, 7) is 0. The van der Waals surface area contributed by atoms with Gasteiger partial charge in [-0.2, -0.15) is 9.97 Å². The third kappa shape index (κ3) is 8.57. The number of pyridine rings is 1. The average Bonchev–Trinajstić information content (AvgIpc) is 1.59. The maximum atomic E-state index is 5.47. The Kier molecular flexibility index (Phi) is 11.9. The Labute approximate surface area is 552 Å². The summed E-state index contributed by atoms with van der Waals surface area (Å²) in [5.41, 5.74) is 18.8. The van der Waals surface area contributed by atoms with Crippen molar-refractivity contribution in [3.8, 4) is 84.9 Å². The van der Waals surface area contributed by atoms with Crippen molar-refractivity contribution in [2.24, 2.45) is 0 Å². The summed E-state index contributed by atoms with van der Waals surface area (Å²) in [4.78, 5) is 21.7. The van der Waals surface area contributed by atoms with Crippen LogP contribution in [0.1, 0.15) is 0 Å². The molecule has 0 atom stereocenters. The minimum Gasteiger partial charge on any atom is -0.309 e. The van der Waals surface area contributed by atoms with E-state index in [2.05, 4.69) is 323 Å². The number of para-hydroxylation sites is 5. The molecule has 0 saturated heterocycles. The lowest BCUT2D eigenvalue weighted by atomic mass is 9.96. The number of hydrogen-bond acceptors (Lipinski definition) is 6. The Morgan fingerprint density at radius 3 is 1.33 bits per heavy atom. The molecule has 0 amide bonds. The summed E-state index contributed by atoms with van der Waals surface area (Å²) in [6.07, 6.45) is 0. The van der Waals surface area contributed by atoms with E-state index >= 15 is 0 Å². The molecule has 9 heteroatoms. The first-order chi connectivity index (χ1) is 47.1. The molecule has 0 unspecified atom stereocenters. The molecule has 0 aliphatic heterocycles. The molecule has 0 saturated carbocycles. The summed E-state index contributed by atoms with van der Waals surface area (Å²) >= 11 is 3.72. The standard InChI is InChI=1S/C86H51N7S2/c1-2-20-53(21-3-1)71-46-58(60-26-4-11-33-73(60)92-75-35-13-8-30-64(75)68-51-83-70(49-79(68)92)66-32-10-17-39-81(66)95-83)47-72(87-71)56-23-18-22-55(44-56)52-40-42-54(43-41-52)84-88-85(90-86(89-84)93-76-36-14-5-27-61(76)62-28-6-15-37-77(62)93)57-24-19-25-59(45-57)91-74-34-12-7-29-63(74)67-50-82-69(48-78(67)91)65-31-9-16-38-80(65)94-82/h1-51H. The molecule has 442 valence electrons. The van der Waals surface area contributed by atoms with Crippen LogP contribution >= 0.6 is 22.7 Å². The first-order valence-corrected chi connectivity index (χ1v) is 33.6. The van der Waals surface area contributed by atoms with Crippen molar-refractivity contribution in [3.63, 3.8) is 0 Å². The van der Waals surface area contributed by atoms with E-state index in [1.165, 1.54) is 72.9 Å². The zero-order valence-corrected chi connectivity index (χ0v) is 52.5. The summed E-state index contributed by atoms with van der Waals surface area (Å²) in [5.74, 6) is 1.70. The molecule has 0 aliphatic rings. The average molecular weight is 1250 g/mol. The van der Waals surface area contributed by atoms with Crippen molar-refractivity contribution in [1.29, 1.82) is 0 Å². The lowest BCUT2D eigenvalue weighted by molar-refractivity contribution is 0.953. The Morgan fingerprint density at radius 1 is 0.221 bits per heavy atom. The van der Waals surface area contributed by atoms with Gasteiger partial charge in [0.2, 0.25) is 5.95 Å². The summed E-state index contributed by atoms with van der Waals surface area (Å²) < 4.78 is 12.2. The van der Waals surface area contributed by atoms with Crippen molar-refractivity contribution in [2.45, 2.75) is 0 Å². The molecule has 0 spiro atoms. The van der Waals surface area contributed by atoms with Crippen LogP contribution in [-0.2, 0) is 0 Å². The normalized spacial score (nSPS) is 12.0. The van der Waals surface area contributed by atoms with Gasteiger partial charge in [0.1, 0.15) is 0 Å². The Morgan fingerprint density at radius 2 is 0.684 bits per heavy atom. The predicted molar refractivity (Wildman–Crippen MR) is 399 cm³/mol. The molecule has 7 nitrogen and oxygen atoms in total. The van der Waals surface area contributed by atoms with Gasteiger partial charge in [0, 0.05) is 106 Å². The maximum absolute atomic E-state index is 5.47. The highest BCUT2D eigenvalue weighted by Crippen LogP contribution is 2.45. The number of rotatable bonds is 9. The van der Waals surface area contributed by atoms with Crippen molar-refractivity contribution >= 4 is 128 Å². The monoisotopic (exact) mass is 1250 g/mol. The Bertz CT molecular complexity index is 6490. The van der Waals surface area contributed by atoms with Gasteiger partial charge in [0.25, 0.3) is 0 Å². The number of hydrogen-bond donors (Lipinski definition) is 0. The van der Waals surface area contributed by atoms with Crippen molar-refractivity contribution in [1.82, 2.24) is 33.6 Å². The third-order valence-electron chi connectivity index (χ3n) is 19.1. The topological polar surface area (TPSA) is 66.3 Å². The van der Waals surface area contributed by atoms with E-state index in [-0.39, 0.29) is 0 Å². The molecule has 0 radical (unpaired) electrons. The number of thiophene rings is 2. The van der Waals surface area contributed by atoms with Gasteiger partial charge in [0.15, 0.2) is 11.6 Å². The van der Waals surface area contributed by atoms with Gasteiger partial charge in [-0.3, -0.25) is 4.57 Å². The van der Waals surface area contributed by atoms with Crippen LogP contribution < -0.4 is 0 Å². The number of fused-ring (bicyclic) bond motifs is 15. The molecule has 7 heterocycles. The first kappa shape index (κ1) is 53.5. The molecule has 0 bridgehead atoms. The lowest BCUT2D eigenvalue weighted by Gasteiger charge is -2.16. The van der Waals surface area contributed by atoms with E-state index in [1.807, 2.05) is 22.7 Å². The number of nitrogens with zero attached hydrogens (tertiary/aromatic N) is 7. The van der Waals surface area contributed by atoms with Crippen LogP contribution in [0.25, 0.3) is 191 Å². The predicted octanol–water partition coefficient (Wildman–Crippen LogP) is 23.3. The zero-order valence-electron chi connectivity index (χ0n) is 50.9. The zero-order chi connectivity index (χ0) is 62.2. The number of aromatic nitrogens is 7. The van der Waals surface area contributed by atoms with Crippen LogP contribution in [0.5, 0.6) is 0 Å². The molecular formula is C86H51N7S2. The van der Waals surface area contributed by atoms with Crippen LogP contribution in [0.4, 0.5) is 0 Å². The SMILES string of the molecule is c1ccc(-c2cc(-c3ccccc3-n3c4ccccc4c4cc5sc6ccccc6c5cc43)cc(-c3cccc(-c4ccc(-c5nc(-c6cccc(-n7c8ccccc8c8cc9sc%10ccccc%10c9cc87)c6)nc(-n6c7ccccc7c7ccccc76)n5)cc4)c3)n2)cc1. The van der Waals surface area contributed by atoms with Crippen LogP contribution in [0, 0.1) is 0 Å². The highest BCUT2D eigenvalue weighted by molar-refractivity contribution is 7.26. The molecule has 0 aliphatic carbocycles. The van der Waals surface area contributed by atoms with E-state index in [0.29, 0.717) is 17.6 Å². The first-order valence-electron chi connectivity index (χ1n) is 32.0. The van der Waals surface area contributed by atoms with Gasteiger partial charge in [0.05, 0.1) is 50.2 Å². The van der Waals surface area contributed by atoms with Gasteiger partial charge in [-0.05, 0) is 114 Å². The van der Waals surface area contributed by atoms with Gasteiger partial charge >= 0.3 is 0 Å². The second-order valence-electron chi connectivity index (χ2n) is 24.5. The maximum Gasteiger partial charge on any atom is 0.238 e. The highest BCUT2D eigenvalue weighted by Gasteiger charge is 2.23. The van der Waals surface area contributed by atoms with Gasteiger partial charge in [-0.25, -0.2) is 9.97 Å². The summed E-state index contributed by atoms with van der Waals surface area (Å²) in [6, 6.07) is 112. The Hall–Kier alpha value is -12.1. The largest absolute Gasteiger partial charge is 0.309 e. The molecule has 20 aromatic rings. The van der Waals surface area contributed by atoms with Crippen molar-refractivity contribution < 1.29 is 0 Å². The van der Waals surface area contributed by atoms with Gasteiger partial charge < -0.3 is 9.13 Å². The minimum absolute atomic E-state index is 0.545. The second-order valence-corrected chi connectivity index (χ2v) is 26.7. The smallest absolute Gasteiger partial charge is 0.238 e. The van der Waals surface area contributed by atoms with Crippen LogP contribution in [-0.4, -0.2) is 33.6 Å². The van der Waals surface area contributed by atoms with Crippen molar-refractivity contribution in [2.75, 3.05) is 0 Å². The van der Waals surface area contributed by atoms with E-state index in [9.17, 15) is 0 Å². The summed E-state index contributed by atoms with van der Waals surface area (Å²) in [7, 11) is 0. The fourth-order valence-corrected chi connectivity index (χ4v) is 17.0. The fraction of sp³-hybridized carbons (Fsp3) is 0. The Balaban J connectivity index is 0.704. The van der Waals surface area contributed by atoms with E-state index < -0.39 is 0 Å².